The third kappa shape index (κ3) is 13.0. The summed E-state index contributed by atoms with van der Waals surface area (Å²) in [7, 11) is 0. The van der Waals surface area contributed by atoms with Gasteiger partial charge in [0.1, 0.15) is 30.6 Å². The molecule has 2 fully saturated rings. The van der Waals surface area contributed by atoms with Crippen LogP contribution in [0.25, 0.3) is 0 Å². The van der Waals surface area contributed by atoms with E-state index < -0.39 is 29.3 Å². The van der Waals surface area contributed by atoms with Gasteiger partial charge < -0.3 is 40.6 Å². The molecule has 0 unspecified atom stereocenters. The van der Waals surface area contributed by atoms with E-state index in [0.29, 0.717) is 25.7 Å². The fourth-order valence-corrected chi connectivity index (χ4v) is 6.41. The van der Waals surface area contributed by atoms with Gasteiger partial charge in [0.15, 0.2) is 0 Å². The second-order valence-corrected chi connectivity index (χ2v) is 14.5. The van der Waals surface area contributed by atoms with E-state index in [-0.39, 0.29) is 49.5 Å². The van der Waals surface area contributed by atoms with Crippen molar-refractivity contribution in [1.82, 2.24) is 21.3 Å². The predicted molar refractivity (Wildman–Crippen MR) is 198 cm³/mol. The van der Waals surface area contributed by atoms with Gasteiger partial charge in [0, 0.05) is 0 Å². The van der Waals surface area contributed by atoms with Crippen molar-refractivity contribution in [2.45, 2.75) is 128 Å². The van der Waals surface area contributed by atoms with Crippen LogP contribution in [-0.2, 0) is 37.1 Å². The van der Waals surface area contributed by atoms with Gasteiger partial charge in [-0.3, -0.25) is 9.59 Å². The molecular formula is C40H58N4O8. The van der Waals surface area contributed by atoms with Crippen LogP contribution < -0.4 is 21.3 Å². The predicted octanol–water partition coefficient (Wildman–Crippen LogP) is 5.70. The van der Waals surface area contributed by atoms with Crippen molar-refractivity contribution in [3.05, 3.63) is 71.8 Å². The van der Waals surface area contributed by atoms with E-state index in [1.165, 1.54) is 0 Å². The highest BCUT2D eigenvalue weighted by Crippen LogP contribution is 2.30. The highest BCUT2D eigenvalue weighted by molar-refractivity contribution is 5.92. The van der Waals surface area contributed by atoms with E-state index in [1.54, 1.807) is 0 Å². The van der Waals surface area contributed by atoms with Gasteiger partial charge in [-0.2, -0.15) is 0 Å². The van der Waals surface area contributed by atoms with Gasteiger partial charge in [-0.05, 0) is 48.6 Å². The monoisotopic (exact) mass is 722 g/mol. The van der Waals surface area contributed by atoms with E-state index in [2.05, 4.69) is 21.3 Å². The lowest BCUT2D eigenvalue weighted by atomic mass is 9.80. The number of amides is 4. The fraction of sp³-hybridized carbons (Fsp3) is 0.575. The SMILES string of the molecule is CC(C)[C@@H](C=O)NC(=O)C1(NC(=O)OCc2ccccc2)CCCCC1.CC(C)[C@@H](CO)NC(=O)C1(NC(=O)OCc2ccccc2)CCCCC1. The molecule has 286 valence electrons. The molecular weight excluding hydrogens is 664 g/mol. The first-order valence-corrected chi connectivity index (χ1v) is 18.6. The molecule has 2 saturated carbocycles. The molecule has 2 aliphatic rings. The number of nitrogens with one attached hydrogen (secondary N) is 4. The molecule has 0 bridgehead atoms. The Kier molecular flexibility index (Phi) is 17.1. The number of aldehydes is 1. The molecule has 52 heavy (non-hydrogen) atoms. The van der Waals surface area contributed by atoms with Gasteiger partial charge in [0.25, 0.3) is 0 Å². The number of carbonyl (C=O) groups excluding carboxylic acids is 5. The Morgan fingerprint density at radius 2 is 1.06 bits per heavy atom. The number of benzene rings is 2. The Bertz CT molecular complexity index is 1410. The fourth-order valence-electron chi connectivity index (χ4n) is 6.41. The maximum Gasteiger partial charge on any atom is 0.408 e. The van der Waals surface area contributed by atoms with Crippen molar-refractivity contribution in [2.24, 2.45) is 11.8 Å². The number of ether oxygens (including phenoxy) is 2. The van der Waals surface area contributed by atoms with E-state index in [4.69, 9.17) is 9.47 Å². The maximum absolute atomic E-state index is 12.9. The summed E-state index contributed by atoms with van der Waals surface area (Å²) in [6, 6.07) is 17.9. The van der Waals surface area contributed by atoms with Crippen LogP contribution in [0.4, 0.5) is 9.59 Å². The lowest BCUT2D eigenvalue weighted by Gasteiger charge is -2.37. The molecule has 4 rings (SSSR count). The van der Waals surface area contributed by atoms with E-state index >= 15 is 0 Å². The van der Waals surface area contributed by atoms with Crippen molar-refractivity contribution >= 4 is 30.3 Å². The Balaban J connectivity index is 0.000000280. The lowest BCUT2D eigenvalue weighted by molar-refractivity contribution is -0.131. The summed E-state index contributed by atoms with van der Waals surface area (Å²) in [5, 5.41) is 20.8. The minimum Gasteiger partial charge on any atom is -0.445 e. The smallest absolute Gasteiger partial charge is 0.408 e. The molecule has 0 saturated heterocycles. The van der Waals surface area contributed by atoms with Crippen LogP contribution in [0.1, 0.15) is 103 Å². The van der Waals surface area contributed by atoms with Crippen LogP contribution in [0.15, 0.2) is 60.7 Å². The molecule has 4 amide bonds. The second kappa shape index (κ2) is 21.2. The second-order valence-electron chi connectivity index (χ2n) is 14.5. The van der Waals surface area contributed by atoms with E-state index in [1.807, 2.05) is 88.4 Å². The Morgan fingerprint density at radius 1 is 0.654 bits per heavy atom. The van der Waals surface area contributed by atoms with Crippen LogP contribution in [0.5, 0.6) is 0 Å². The summed E-state index contributed by atoms with van der Waals surface area (Å²) in [6.45, 7) is 7.80. The van der Waals surface area contributed by atoms with E-state index in [9.17, 15) is 29.1 Å². The van der Waals surface area contributed by atoms with Crippen molar-refractivity contribution in [3.8, 4) is 0 Å². The first kappa shape index (κ1) is 42.0. The topological polar surface area (TPSA) is 172 Å². The zero-order valence-corrected chi connectivity index (χ0v) is 31.2. The number of aliphatic hydroxyl groups is 1. The Morgan fingerprint density at radius 3 is 1.40 bits per heavy atom. The van der Waals surface area contributed by atoms with Crippen molar-refractivity contribution in [1.29, 1.82) is 0 Å². The first-order valence-electron chi connectivity index (χ1n) is 18.6. The highest BCUT2D eigenvalue weighted by atomic mass is 16.6. The van der Waals surface area contributed by atoms with Crippen LogP contribution >= 0.6 is 0 Å². The first-order chi connectivity index (χ1) is 24.9. The molecule has 12 heteroatoms. The summed E-state index contributed by atoms with van der Waals surface area (Å²) in [4.78, 5) is 61.6. The summed E-state index contributed by atoms with van der Waals surface area (Å²) >= 11 is 0. The van der Waals surface area contributed by atoms with Gasteiger partial charge in [-0.15, -0.1) is 0 Å². The quantitative estimate of drug-likeness (QED) is 0.155. The Labute approximate surface area is 308 Å². The minimum absolute atomic E-state index is 0.0119. The summed E-state index contributed by atoms with van der Waals surface area (Å²) < 4.78 is 10.6. The van der Waals surface area contributed by atoms with Gasteiger partial charge in [0.2, 0.25) is 11.8 Å². The summed E-state index contributed by atoms with van der Waals surface area (Å²) in [5.41, 5.74) is -0.202. The zero-order chi connectivity index (χ0) is 38.0. The standard InChI is InChI=1S/C20H30N2O4.C20H28N2O4/c2*1-15(2)17(13-23)21-18(24)20(11-7-4-8-12-20)22-19(25)26-14-16-9-5-3-6-10-16/h3,5-6,9-10,15,17,23H,4,7-8,11-14H2,1-2H3,(H,21,24)(H,22,25);3,5-6,9-10,13,15,17H,4,7-8,11-12,14H2,1-2H3,(H,21,24)(H,22,25)/t2*17-/m11/s1. The summed E-state index contributed by atoms with van der Waals surface area (Å²) in [5.74, 6) is -0.446. The largest absolute Gasteiger partial charge is 0.445 e. The van der Waals surface area contributed by atoms with Crippen LogP contribution in [0.3, 0.4) is 0 Å². The molecule has 2 aromatic rings. The number of rotatable bonds is 14. The van der Waals surface area contributed by atoms with Crippen LogP contribution in [0, 0.1) is 11.8 Å². The van der Waals surface area contributed by atoms with Crippen LogP contribution in [-0.4, -0.2) is 65.2 Å². The number of alkyl carbamates (subject to hydrolysis) is 2. The average Bonchev–Trinajstić information content (AvgIpc) is 3.15. The van der Waals surface area contributed by atoms with Crippen molar-refractivity contribution < 1.29 is 38.6 Å². The van der Waals surface area contributed by atoms with E-state index in [0.717, 1.165) is 55.9 Å². The maximum atomic E-state index is 12.9. The van der Waals surface area contributed by atoms with Gasteiger partial charge >= 0.3 is 12.2 Å². The molecule has 2 atom stereocenters. The van der Waals surface area contributed by atoms with Crippen molar-refractivity contribution in [2.75, 3.05) is 6.61 Å². The molecule has 12 nitrogen and oxygen atoms in total. The third-order valence-corrected chi connectivity index (χ3v) is 9.87. The molecule has 2 aromatic carbocycles. The van der Waals surface area contributed by atoms with Crippen LogP contribution in [0.2, 0.25) is 0 Å². The normalized spacial score (nSPS) is 17.3. The number of hydrogen-bond acceptors (Lipinski definition) is 8. The molecule has 2 aliphatic carbocycles. The lowest BCUT2D eigenvalue weighted by Crippen LogP contribution is -2.62. The molecule has 0 spiro atoms. The summed E-state index contributed by atoms with van der Waals surface area (Å²) in [6.07, 6.45) is 7.30. The van der Waals surface area contributed by atoms with Gasteiger partial charge in [0.05, 0.1) is 18.7 Å². The van der Waals surface area contributed by atoms with Crippen molar-refractivity contribution in [3.63, 3.8) is 0 Å². The number of hydrogen-bond donors (Lipinski definition) is 5. The number of aliphatic hydroxyl groups excluding tert-OH is 1. The molecule has 0 radical (unpaired) electrons. The third-order valence-electron chi connectivity index (χ3n) is 9.87. The minimum atomic E-state index is -1.01. The zero-order valence-electron chi connectivity index (χ0n) is 31.2. The molecule has 5 N–H and O–H groups in total. The Hall–Kier alpha value is -4.45. The van der Waals surface area contributed by atoms with Gasteiger partial charge in [-0.1, -0.05) is 127 Å². The van der Waals surface area contributed by atoms with Gasteiger partial charge in [-0.25, -0.2) is 9.59 Å². The number of carbonyl (C=O) groups is 5. The average molecular weight is 723 g/mol. The molecule has 0 aromatic heterocycles. The molecule has 0 aliphatic heterocycles. The molecule has 0 heterocycles. The highest BCUT2D eigenvalue weighted by Gasteiger charge is 2.43.